The van der Waals surface area contributed by atoms with Crippen LogP contribution in [0.15, 0.2) is 16.6 Å². The highest BCUT2D eigenvalue weighted by Crippen LogP contribution is 2.38. The lowest BCUT2D eigenvalue weighted by Crippen LogP contribution is -2.30. The van der Waals surface area contributed by atoms with Gasteiger partial charge < -0.3 is 14.2 Å². The molecule has 0 N–H and O–H groups in total. The SMILES string of the molecule is CCOC(C(=O)c1ccc(OC)c(Br)c1OC)C(C)C. The van der Waals surface area contributed by atoms with E-state index >= 15 is 0 Å². The molecule has 0 fully saturated rings. The Labute approximate surface area is 128 Å². The summed E-state index contributed by atoms with van der Waals surface area (Å²) in [7, 11) is 3.10. The molecule has 1 aromatic rings. The summed E-state index contributed by atoms with van der Waals surface area (Å²) in [4.78, 5) is 12.6. The molecular formula is C15H21BrO4. The van der Waals surface area contributed by atoms with Gasteiger partial charge in [0.15, 0.2) is 5.78 Å². The number of hydrogen-bond acceptors (Lipinski definition) is 4. The molecule has 0 aliphatic carbocycles. The molecule has 0 amide bonds. The Balaban J connectivity index is 3.24. The third-order valence-corrected chi connectivity index (χ3v) is 3.71. The number of methoxy groups -OCH3 is 2. The molecule has 0 aliphatic rings. The van der Waals surface area contributed by atoms with E-state index in [0.717, 1.165) is 0 Å². The van der Waals surface area contributed by atoms with Crippen LogP contribution in [-0.2, 0) is 4.74 Å². The predicted octanol–water partition coefficient (Wildman–Crippen LogP) is 3.71. The second-order valence-electron chi connectivity index (χ2n) is 4.65. The van der Waals surface area contributed by atoms with Gasteiger partial charge in [0.2, 0.25) is 0 Å². The molecule has 1 atom stereocenters. The summed E-state index contributed by atoms with van der Waals surface area (Å²) in [6.07, 6.45) is -0.478. The summed E-state index contributed by atoms with van der Waals surface area (Å²) in [5, 5.41) is 0. The number of hydrogen-bond donors (Lipinski definition) is 0. The van der Waals surface area contributed by atoms with Gasteiger partial charge in [-0.3, -0.25) is 4.79 Å². The molecule has 1 aromatic carbocycles. The lowest BCUT2D eigenvalue weighted by Gasteiger charge is -2.21. The summed E-state index contributed by atoms with van der Waals surface area (Å²) < 4.78 is 16.7. The minimum atomic E-state index is -0.478. The maximum absolute atomic E-state index is 12.6. The van der Waals surface area contributed by atoms with Crippen molar-refractivity contribution in [1.29, 1.82) is 0 Å². The number of halogens is 1. The maximum Gasteiger partial charge on any atom is 0.195 e. The molecule has 1 rings (SSSR count). The summed E-state index contributed by atoms with van der Waals surface area (Å²) >= 11 is 3.40. The van der Waals surface area contributed by atoms with Crippen molar-refractivity contribution in [2.75, 3.05) is 20.8 Å². The van der Waals surface area contributed by atoms with Crippen LogP contribution < -0.4 is 9.47 Å². The zero-order valence-electron chi connectivity index (χ0n) is 12.5. The summed E-state index contributed by atoms with van der Waals surface area (Å²) in [6.45, 7) is 6.30. The fourth-order valence-corrected chi connectivity index (χ4v) is 2.66. The Morgan fingerprint density at radius 3 is 2.35 bits per heavy atom. The first-order valence-corrected chi connectivity index (χ1v) is 7.33. The highest BCUT2D eigenvalue weighted by molar-refractivity contribution is 9.10. The van der Waals surface area contributed by atoms with Crippen LogP contribution in [0.2, 0.25) is 0 Å². The van der Waals surface area contributed by atoms with E-state index < -0.39 is 6.10 Å². The van der Waals surface area contributed by atoms with Crippen LogP contribution >= 0.6 is 15.9 Å². The van der Waals surface area contributed by atoms with Crippen LogP contribution in [-0.4, -0.2) is 32.7 Å². The number of carbonyl (C=O) groups is 1. The monoisotopic (exact) mass is 344 g/mol. The Hall–Kier alpha value is -1.07. The molecule has 0 aliphatic heterocycles. The summed E-state index contributed by atoms with van der Waals surface area (Å²) in [5.41, 5.74) is 0.493. The van der Waals surface area contributed by atoms with Gasteiger partial charge in [-0.2, -0.15) is 0 Å². The maximum atomic E-state index is 12.6. The zero-order chi connectivity index (χ0) is 15.3. The second kappa shape index (κ2) is 7.64. The lowest BCUT2D eigenvalue weighted by molar-refractivity contribution is 0.0277. The largest absolute Gasteiger partial charge is 0.495 e. The molecule has 4 nitrogen and oxygen atoms in total. The number of ether oxygens (including phenoxy) is 3. The van der Waals surface area contributed by atoms with Gasteiger partial charge in [0, 0.05) is 6.61 Å². The first-order valence-electron chi connectivity index (χ1n) is 6.54. The minimum absolute atomic E-state index is 0.0814. The molecule has 112 valence electrons. The summed E-state index contributed by atoms with van der Waals surface area (Å²) in [5.74, 6) is 1.10. The molecule has 0 radical (unpaired) electrons. The van der Waals surface area contributed by atoms with E-state index in [0.29, 0.717) is 28.1 Å². The first-order chi connectivity index (χ1) is 9.47. The Morgan fingerprint density at radius 2 is 1.90 bits per heavy atom. The molecule has 0 bridgehead atoms. The van der Waals surface area contributed by atoms with Crippen molar-refractivity contribution in [1.82, 2.24) is 0 Å². The molecule has 0 heterocycles. The molecule has 5 heteroatoms. The quantitative estimate of drug-likeness (QED) is 0.707. The number of benzene rings is 1. The van der Waals surface area contributed by atoms with Crippen molar-refractivity contribution < 1.29 is 19.0 Å². The average Bonchev–Trinajstić information content (AvgIpc) is 2.43. The predicted molar refractivity (Wildman–Crippen MR) is 81.8 cm³/mol. The second-order valence-corrected chi connectivity index (χ2v) is 5.44. The van der Waals surface area contributed by atoms with Crippen molar-refractivity contribution in [3.05, 3.63) is 22.2 Å². The molecule has 20 heavy (non-hydrogen) atoms. The smallest absolute Gasteiger partial charge is 0.195 e. The van der Waals surface area contributed by atoms with Crippen LogP contribution in [0, 0.1) is 5.92 Å². The number of Topliss-reactive ketones (excluding diaryl/α,β-unsaturated/α-hetero) is 1. The van der Waals surface area contributed by atoms with Crippen LogP contribution in [0.4, 0.5) is 0 Å². The van der Waals surface area contributed by atoms with Crippen molar-refractivity contribution in [2.24, 2.45) is 5.92 Å². The van der Waals surface area contributed by atoms with Crippen LogP contribution in [0.1, 0.15) is 31.1 Å². The standard InChI is InChI=1S/C15H21BrO4/c1-6-20-14(9(2)3)13(17)10-7-8-11(18-4)12(16)15(10)19-5/h7-9,14H,6H2,1-5H3. The third kappa shape index (κ3) is 3.52. The van der Waals surface area contributed by atoms with Gasteiger partial charge in [0.25, 0.3) is 0 Å². The molecular weight excluding hydrogens is 324 g/mol. The van der Waals surface area contributed by atoms with Crippen LogP contribution in [0.25, 0.3) is 0 Å². The van der Waals surface area contributed by atoms with Gasteiger partial charge in [0.05, 0.1) is 19.8 Å². The lowest BCUT2D eigenvalue weighted by atomic mass is 9.96. The highest BCUT2D eigenvalue weighted by atomic mass is 79.9. The average molecular weight is 345 g/mol. The molecule has 1 unspecified atom stereocenters. The number of carbonyl (C=O) groups excluding carboxylic acids is 1. The van der Waals surface area contributed by atoms with E-state index in [9.17, 15) is 4.79 Å². The third-order valence-electron chi connectivity index (χ3n) is 2.96. The molecule has 0 spiro atoms. The first kappa shape index (κ1) is 17.0. The number of ketones is 1. The van der Waals surface area contributed by atoms with Crippen molar-refractivity contribution in [3.63, 3.8) is 0 Å². The van der Waals surface area contributed by atoms with Gasteiger partial charge in [-0.05, 0) is 40.9 Å². The zero-order valence-corrected chi connectivity index (χ0v) is 14.1. The van der Waals surface area contributed by atoms with Crippen molar-refractivity contribution in [3.8, 4) is 11.5 Å². The number of rotatable bonds is 7. The van der Waals surface area contributed by atoms with Crippen LogP contribution in [0.3, 0.4) is 0 Å². The molecule has 0 saturated carbocycles. The van der Waals surface area contributed by atoms with E-state index in [1.807, 2.05) is 20.8 Å². The van der Waals surface area contributed by atoms with E-state index in [4.69, 9.17) is 14.2 Å². The Kier molecular flexibility index (Phi) is 6.49. The van der Waals surface area contributed by atoms with E-state index in [2.05, 4.69) is 15.9 Å². The van der Waals surface area contributed by atoms with E-state index in [1.54, 1.807) is 19.2 Å². The van der Waals surface area contributed by atoms with E-state index in [-0.39, 0.29) is 11.7 Å². The fourth-order valence-electron chi connectivity index (χ4n) is 1.99. The Morgan fingerprint density at radius 1 is 1.25 bits per heavy atom. The minimum Gasteiger partial charge on any atom is -0.495 e. The van der Waals surface area contributed by atoms with Crippen molar-refractivity contribution >= 4 is 21.7 Å². The van der Waals surface area contributed by atoms with Gasteiger partial charge in [-0.25, -0.2) is 0 Å². The highest BCUT2D eigenvalue weighted by Gasteiger charge is 2.28. The van der Waals surface area contributed by atoms with Crippen LogP contribution in [0.5, 0.6) is 11.5 Å². The van der Waals surface area contributed by atoms with Gasteiger partial charge in [-0.15, -0.1) is 0 Å². The topological polar surface area (TPSA) is 44.8 Å². The summed E-state index contributed by atoms with van der Waals surface area (Å²) in [6, 6.07) is 3.45. The van der Waals surface area contributed by atoms with E-state index in [1.165, 1.54) is 7.11 Å². The molecule has 0 aromatic heterocycles. The Bertz CT molecular complexity index is 471. The van der Waals surface area contributed by atoms with Gasteiger partial charge in [0.1, 0.15) is 22.1 Å². The molecule has 0 saturated heterocycles. The fraction of sp³-hybridized carbons (Fsp3) is 0.533. The normalized spacial score (nSPS) is 12.3. The van der Waals surface area contributed by atoms with Crippen molar-refractivity contribution in [2.45, 2.75) is 26.9 Å². The van der Waals surface area contributed by atoms with Gasteiger partial charge in [-0.1, -0.05) is 13.8 Å². The van der Waals surface area contributed by atoms with Gasteiger partial charge >= 0.3 is 0 Å².